The van der Waals surface area contributed by atoms with Crippen LogP contribution >= 0.6 is 23.1 Å². The molecule has 0 amide bonds. The molecule has 1 N–H and O–H groups in total. The summed E-state index contributed by atoms with van der Waals surface area (Å²) in [6.07, 6.45) is 2.13. The number of thioether (sulfide) groups is 1. The van der Waals surface area contributed by atoms with E-state index in [4.69, 9.17) is 5.11 Å². The SMILES string of the molecule is CCSc1ccc(C(=O)CCN2CCCC(C(=O)O)C2)s1. The number of likely N-dealkylation sites (tertiary alicyclic amines) is 1. The highest BCUT2D eigenvalue weighted by atomic mass is 32.2. The Morgan fingerprint density at radius 3 is 3.00 bits per heavy atom. The van der Waals surface area contributed by atoms with E-state index in [9.17, 15) is 9.59 Å². The van der Waals surface area contributed by atoms with Crippen molar-refractivity contribution in [2.75, 3.05) is 25.4 Å². The summed E-state index contributed by atoms with van der Waals surface area (Å²) in [5, 5.41) is 9.07. The molecule has 1 fully saturated rings. The number of hydrogen-bond donors (Lipinski definition) is 1. The normalized spacial score (nSPS) is 19.6. The zero-order chi connectivity index (χ0) is 15.2. The Hall–Kier alpha value is -0.850. The van der Waals surface area contributed by atoms with Gasteiger partial charge in [0.05, 0.1) is 15.0 Å². The van der Waals surface area contributed by atoms with E-state index in [0.29, 0.717) is 19.5 Å². The van der Waals surface area contributed by atoms with Crippen molar-refractivity contribution < 1.29 is 14.7 Å². The van der Waals surface area contributed by atoms with Crippen molar-refractivity contribution >= 4 is 34.9 Å². The van der Waals surface area contributed by atoms with Gasteiger partial charge in [-0.25, -0.2) is 0 Å². The lowest BCUT2D eigenvalue weighted by Gasteiger charge is -2.30. The molecular formula is C15H21NO3S2. The lowest BCUT2D eigenvalue weighted by Crippen LogP contribution is -2.39. The van der Waals surface area contributed by atoms with E-state index < -0.39 is 5.97 Å². The van der Waals surface area contributed by atoms with Crippen molar-refractivity contribution in [3.8, 4) is 0 Å². The van der Waals surface area contributed by atoms with E-state index in [1.165, 1.54) is 4.21 Å². The highest BCUT2D eigenvalue weighted by Gasteiger charge is 2.25. The van der Waals surface area contributed by atoms with E-state index in [0.717, 1.165) is 30.0 Å². The fourth-order valence-electron chi connectivity index (χ4n) is 2.53. The minimum absolute atomic E-state index is 0.167. The molecule has 1 aliphatic heterocycles. The van der Waals surface area contributed by atoms with Gasteiger partial charge in [-0.3, -0.25) is 9.59 Å². The monoisotopic (exact) mass is 327 g/mol. The molecule has 0 radical (unpaired) electrons. The van der Waals surface area contributed by atoms with Crippen LogP contribution in [0.15, 0.2) is 16.3 Å². The van der Waals surface area contributed by atoms with Crippen LogP contribution in [-0.2, 0) is 4.79 Å². The molecule has 1 unspecified atom stereocenters. The van der Waals surface area contributed by atoms with Crippen molar-refractivity contribution in [1.82, 2.24) is 4.90 Å². The summed E-state index contributed by atoms with van der Waals surface area (Å²) in [5.74, 6) is 0.187. The molecule has 0 aliphatic carbocycles. The molecular weight excluding hydrogens is 306 g/mol. The fourth-order valence-corrected chi connectivity index (χ4v) is 4.55. The first kappa shape index (κ1) is 16.5. The molecule has 1 atom stereocenters. The van der Waals surface area contributed by atoms with Gasteiger partial charge in [-0.05, 0) is 37.3 Å². The minimum atomic E-state index is -0.717. The molecule has 1 aromatic rings. The van der Waals surface area contributed by atoms with Gasteiger partial charge in [0.25, 0.3) is 0 Å². The van der Waals surface area contributed by atoms with Gasteiger partial charge in [0.15, 0.2) is 5.78 Å². The van der Waals surface area contributed by atoms with Gasteiger partial charge in [0.2, 0.25) is 0 Å². The van der Waals surface area contributed by atoms with Gasteiger partial charge in [0.1, 0.15) is 0 Å². The van der Waals surface area contributed by atoms with Gasteiger partial charge >= 0.3 is 5.97 Å². The smallest absolute Gasteiger partial charge is 0.307 e. The number of carboxylic acid groups (broad SMARTS) is 1. The fraction of sp³-hybridized carbons (Fsp3) is 0.600. The predicted molar refractivity (Wildman–Crippen MR) is 86.5 cm³/mol. The summed E-state index contributed by atoms with van der Waals surface area (Å²) >= 11 is 3.31. The van der Waals surface area contributed by atoms with Gasteiger partial charge in [-0.1, -0.05) is 6.92 Å². The second-order valence-electron chi connectivity index (χ2n) is 5.20. The molecule has 21 heavy (non-hydrogen) atoms. The topological polar surface area (TPSA) is 57.6 Å². The van der Waals surface area contributed by atoms with E-state index in [1.807, 2.05) is 12.1 Å². The maximum Gasteiger partial charge on any atom is 0.307 e. The van der Waals surface area contributed by atoms with Crippen LogP contribution in [0.3, 0.4) is 0 Å². The number of Topliss-reactive ketones (excluding diaryl/α,β-unsaturated/α-hetero) is 1. The molecule has 0 saturated carbocycles. The number of piperidine rings is 1. The largest absolute Gasteiger partial charge is 0.481 e. The number of thiophene rings is 1. The van der Waals surface area contributed by atoms with Crippen LogP contribution in [0.25, 0.3) is 0 Å². The minimum Gasteiger partial charge on any atom is -0.481 e. The van der Waals surface area contributed by atoms with E-state index in [1.54, 1.807) is 23.1 Å². The summed E-state index contributed by atoms with van der Waals surface area (Å²) in [6, 6.07) is 3.91. The molecule has 1 saturated heterocycles. The van der Waals surface area contributed by atoms with Crippen LogP contribution in [0.5, 0.6) is 0 Å². The number of ketones is 1. The second kappa shape index (κ2) is 7.96. The predicted octanol–water partition coefficient (Wildman–Crippen LogP) is 3.23. The van der Waals surface area contributed by atoms with Crippen LogP contribution in [0.4, 0.5) is 0 Å². The summed E-state index contributed by atoms with van der Waals surface area (Å²) in [7, 11) is 0. The molecule has 0 aromatic carbocycles. The van der Waals surface area contributed by atoms with Crippen LogP contribution in [0.1, 0.15) is 35.9 Å². The molecule has 1 aromatic heterocycles. The van der Waals surface area contributed by atoms with E-state index in [-0.39, 0.29) is 11.7 Å². The number of carbonyl (C=O) groups is 2. The summed E-state index contributed by atoms with van der Waals surface area (Å²) in [5.41, 5.74) is 0. The maximum atomic E-state index is 12.2. The summed E-state index contributed by atoms with van der Waals surface area (Å²) in [4.78, 5) is 26.1. The van der Waals surface area contributed by atoms with Crippen molar-refractivity contribution in [3.05, 3.63) is 17.0 Å². The number of carbonyl (C=O) groups excluding carboxylic acids is 1. The van der Waals surface area contributed by atoms with Crippen molar-refractivity contribution in [2.45, 2.75) is 30.4 Å². The first-order valence-corrected chi connectivity index (χ1v) is 9.11. The quantitative estimate of drug-likeness (QED) is 0.615. The lowest BCUT2D eigenvalue weighted by molar-refractivity contribution is -0.143. The first-order valence-electron chi connectivity index (χ1n) is 7.31. The summed E-state index contributed by atoms with van der Waals surface area (Å²) in [6.45, 7) is 4.24. The number of aliphatic carboxylic acids is 1. The van der Waals surface area contributed by atoms with Crippen LogP contribution in [-0.4, -0.2) is 47.1 Å². The molecule has 2 heterocycles. The first-order chi connectivity index (χ1) is 10.1. The molecule has 4 nitrogen and oxygen atoms in total. The average Bonchev–Trinajstić information content (AvgIpc) is 2.94. The zero-order valence-corrected chi connectivity index (χ0v) is 13.8. The Morgan fingerprint density at radius 2 is 2.29 bits per heavy atom. The Bertz CT molecular complexity index is 501. The highest BCUT2D eigenvalue weighted by Crippen LogP contribution is 2.28. The Kier molecular flexibility index (Phi) is 6.26. The van der Waals surface area contributed by atoms with Crippen LogP contribution in [0.2, 0.25) is 0 Å². The number of hydrogen-bond acceptors (Lipinski definition) is 5. The molecule has 2 rings (SSSR count). The van der Waals surface area contributed by atoms with E-state index in [2.05, 4.69) is 11.8 Å². The molecule has 0 bridgehead atoms. The van der Waals surface area contributed by atoms with Crippen molar-refractivity contribution in [1.29, 1.82) is 0 Å². The van der Waals surface area contributed by atoms with E-state index >= 15 is 0 Å². The highest BCUT2D eigenvalue weighted by molar-refractivity contribution is 8.01. The summed E-state index contributed by atoms with van der Waals surface area (Å²) < 4.78 is 1.18. The lowest BCUT2D eigenvalue weighted by atomic mass is 9.98. The Balaban J connectivity index is 1.81. The van der Waals surface area contributed by atoms with Crippen molar-refractivity contribution in [3.63, 3.8) is 0 Å². The van der Waals surface area contributed by atoms with Crippen molar-refractivity contribution in [2.24, 2.45) is 5.92 Å². The average molecular weight is 327 g/mol. The molecule has 0 spiro atoms. The van der Waals surface area contributed by atoms with Crippen LogP contribution in [0, 0.1) is 5.92 Å². The molecule has 6 heteroatoms. The standard InChI is InChI=1S/C15H21NO3S2/c1-2-20-14-6-5-13(21-14)12(17)7-9-16-8-3-4-11(10-16)15(18)19/h5-6,11H,2-4,7-10H2,1H3,(H,18,19). The Labute approximate surface area is 133 Å². The third kappa shape index (κ3) is 4.83. The molecule has 116 valence electrons. The second-order valence-corrected chi connectivity index (χ2v) is 7.85. The van der Waals surface area contributed by atoms with Gasteiger partial charge in [-0.2, -0.15) is 0 Å². The van der Waals surface area contributed by atoms with Gasteiger partial charge in [0, 0.05) is 19.5 Å². The third-order valence-corrected chi connectivity index (χ3v) is 5.89. The number of rotatable bonds is 7. The Morgan fingerprint density at radius 1 is 1.48 bits per heavy atom. The third-order valence-electron chi connectivity index (χ3n) is 3.65. The number of carboxylic acids is 1. The molecule has 1 aliphatic rings. The zero-order valence-electron chi connectivity index (χ0n) is 12.2. The van der Waals surface area contributed by atoms with Crippen LogP contribution < -0.4 is 0 Å². The maximum absolute atomic E-state index is 12.2. The van der Waals surface area contributed by atoms with Gasteiger partial charge < -0.3 is 10.0 Å². The number of nitrogens with zero attached hydrogens (tertiary/aromatic N) is 1. The van der Waals surface area contributed by atoms with Gasteiger partial charge in [-0.15, -0.1) is 23.1 Å².